The highest BCUT2D eigenvalue weighted by molar-refractivity contribution is 14.1. The van der Waals surface area contributed by atoms with Gasteiger partial charge in [0.2, 0.25) is 0 Å². The number of ether oxygens (including phenoxy) is 1. The zero-order chi connectivity index (χ0) is 9.42. The summed E-state index contributed by atoms with van der Waals surface area (Å²) in [5.74, 6) is 0.296. The van der Waals surface area contributed by atoms with E-state index in [4.69, 9.17) is 4.74 Å². The zero-order valence-corrected chi connectivity index (χ0v) is 8.92. The molecule has 68 valence electrons. The summed E-state index contributed by atoms with van der Waals surface area (Å²) >= 11 is 2.05. The Morgan fingerprint density at radius 3 is 3.00 bits per heavy atom. The number of rotatable bonds is 1. The smallest absolute Gasteiger partial charge is 0.151 e. The Morgan fingerprint density at radius 1 is 1.54 bits per heavy atom. The fraction of sp³-hybridized carbons (Fsp3) is 0.125. The van der Waals surface area contributed by atoms with E-state index in [1.807, 2.05) is 0 Å². The van der Waals surface area contributed by atoms with Crippen LogP contribution < -0.4 is 4.74 Å². The molecule has 1 aromatic carbocycles. The van der Waals surface area contributed by atoms with Gasteiger partial charge < -0.3 is 4.74 Å². The van der Waals surface area contributed by atoms with Crippen LogP contribution in [0.5, 0.6) is 5.75 Å². The highest BCUT2D eigenvalue weighted by Crippen LogP contribution is 2.29. The van der Waals surface area contributed by atoms with Gasteiger partial charge in [-0.05, 0) is 34.7 Å². The second kappa shape index (κ2) is 3.13. The minimum atomic E-state index is -0.338. The molecule has 0 bridgehead atoms. The third kappa shape index (κ3) is 1.27. The molecule has 0 aliphatic rings. The summed E-state index contributed by atoms with van der Waals surface area (Å²) in [7, 11) is 1.55. The molecule has 0 aliphatic carbocycles. The molecule has 0 saturated carbocycles. The van der Waals surface area contributed by atoms with Gasteiger partial charge in [0.05, 0.1) is 12.5 Å². The third-order valence-corrected chi connectivity index (χ3v) is 2.58. The average molecular weight is 292 g/mol. The number of aromatic nitrogens is 2. The number of aromatic amines is 1. The second-order valence-electron chi connectivity index (χ2n) is 2.51. The largest absolute Gasteiger partial charge is 0.496 e. The molecule has 13 heavy (non-hydrogen) atoms. The maximum absolute atomic E-state index is 13.2. The van der Waals surface area contributed by atoms with Gasteiger partial charge in [0.1, 0.15) is 15.0 Å². The topological polar surface area (TPSA) is 37.9 Å². The molecular weight excluding hydrogens is 286 g/mol. The van der Waals surface area contributed by atoms with Crippen LogP contribution >= 0.6 is 22.6 Å². The quantitative estimate of drug-likeness (QED) is 0.819. The SMILES string of the molecule is COc1ccc(F)c2n[nH]c(I)c12. The van der Waals surface area contributed by atoms with Crippen molar-refractivity contribution >= 4 is 33.5 Å². The number of halogens is 2. The fourth-order valence-electron chi connectivity index (χ4n) is 1.20. The molecule has 0 fully saturated rings. The van der Waals surface area contributed by atoms with Crippen LogP contribution in [0.1, 0.15) is 0 Å². The van der Waals surface area contributed by atoms with Gasteiger partial charge in [0.25, 0.3) is 0 Å². The first kappa shape index (κ1) is 8.74. The molecule has 5 heteroatoms. The molecule has 2 aromatic rings. The second-order valence-corrected chi connectivity index (χ2v) is 3.59. The lowest BCUT2D eigenvalue weighted by Crippen LogP contribution is -1.86. The number of benzene rings is 1. The van der Waals surface area contributed by atoms with Crippen molar-refractivity contribution < 1.29 is 9.13 Å². The maximum atomic E-state index is 13.2. The molecule has 0 amide bonds. The molecule has 0 aliphatic heterocycles. The molecule has 0 radical (unpaired) electrons. The van der Waals surface area contributed by atoms with Crippen LogP contribution in [-0.2, 0) is 0 Å². The third-order valence-electron chi connectivity index (χ3n) is 1.80. The van der Waals surface area contributed by atoms with Gasteiger partial charge in [-0.1, -0.05) is 0 Å². The van der Waals surface area contributed by atoms with Crippen LogP contribution in [0, 0.1) is 9.52 Å². The van der Waals surface area contributed by atoms with E-state index in [0.717, 1.165) is 3.70 Å². The normalized spacial score (nSPS) is 10.7. The van der Waals surface area contributed by atoms with Crippen LogP contribution in [0.25, 0.3) is 10.9 Å². The predicted octanol–water partition coefficient (Wildman–Crippen LogP) is 2.32. The van der Waals surface area contributed by atoms with E-state index >= 15 is 0 Å². The van der Waals surface area contributed by atoms with Crippen LogP contribution in [0.15, 0.2) is 12.1 Å². The predicted molar refractivity (Wildman–Crippen MR) is 55.3 cm³/mol. The van der Waals surface area contributed by atoms with E-state index in [-0.39, 0.29) is 5.82 Å². The Bertz CT molecular complexity index is 455. The Labute approximate surface area is 87.4 Å². The van der Waals surface area contributed by atoms with E-state index in [1.54, 1.807) is 13.2 Å². The first-order valence-electron chi connectivity index (χ1n) is 3.60. The van der Waals surface area contributed by atoms with Crippen molar-refractivity contribution in [2.45, 2.75) is 0 Å². The molecule has 0 atom stereocenters. The van der Waals surface area contributed by atoms with Crippen LogP contribution in [-0.4, -0.2) is 17.3 Å². The first-order valence-corrected chi connectivity index (χ1v) is 4.68. The monoisotopic (exact) mass is 292 g/mol. The van der Waals surface area contributed by atoms with Crippen molar-refractivity contribution in [1.82, 2.24) is 10.2 Å². The first-order chi connectivity index (χ1) is 6.24. The summed E-state index contributed by atoms with van der Waals surface area (Å²) in [5.41, 5.74) is 0.323. The average Bonchev–Trinajstić information content (AvgIpc) is 2.51. The molecule has 0 spiro atoms. The van der Waals surface area contributed by atoms with Crippen LogP contribution in [0.4, 0.5) is 4.39 Å². The van der Waals surface area contributed by atoms with Crippen molar-refractivity contribution in [3.63, 3.8) is 0 Å². The van der Waals surface area contributed by atoms with Crippen molar-refractivity contribution in [3.05, 3.63) is 21.7 Å². The molecule has 1 aromatic heterocycles. The van der Waals surface area contributed by atoms with Gasteiger partial charge in [-0.3, -0.25) is 5.10 Å². The lowest BCUT2D eigenvalue weighted by atomic mass is 10.2. The number of hydrogen-bond donors (Lipinski definition) is 1. The zero-order valence-electron chi connectivity index (χ0n) is 6.77. The van der Waals surface area contributed by atoms with Crippen molar-refractivity contribution in [2.24, 2.45) is 0 Å². The summed E-state index contributed by atoms with van der Waals surface area (Å²) in [5, 5.41) is 7.24. The Kier molecular flexibility index (Phi) is 2.10. The number of hydrogen-bond acceptors (Lipinski definition) is 2. The Balaban J connectivity index is 2.88. The Hall–Kier alpha value is -0.850. The fourth-order valence-corrected chi connectivity index (χ4v) is 1.84. The number of fused-ring (bicyclic) bond motifs is 1. The summed E-state index contributed by atoms with van der Waals surface area (Å²) in [6.45, 7) is 0. The van der Waals surface area contributed by atoms with Crippen molar-refractivity contribution in [1.29, 1.82) is 0 Å². The number of H-pyrrole nitrogens is 1. The molecule has 0 saturated heterocycles. The van der Waals surface area contributed by atoms with E-state index in [1.165, 1.54) is 6.07 Å². The lowest BCUT2D eigenvalue weighted by molar-refractivity contribution is 0.419. The molecule has 0 unspecified atom stereocenters. The number of methoxy groups -OCH3 is 1. The Morgan fingerprint density at radius 2 is 2.31 bits per heavy atom. The molecular formula is C8H6FIN2O. The van der Waals surface area contributed by atoms with Gasteiger partial charge >= 0.3 is 0 Å². The molecule has 1 N–H and O–H groups in total. The molecule has 2 rings (SSSR count). The standard InChI is InChI=1S/C8H6FIN2O/c1-13-5-3-2-4(9)7-6(5)8(10)12-11-7/h2-3H,1H3,(H,11,12). The number of nitrogens with one attached hydrogen (secondary N) is 1. The van der Waals surface area contributed by atoms with E-state index < -0.39 is 0 Å². The lowest BCUT2D eigenvalue weighted by Gasteiger charge is -2.00. The minimum absolute atomic E-state index is 0.323. The highest BCUT2D eigenvalue weighted by Gasteiger charge is 2.12. The highest BCUT2D eigenvalue weighted by atomic mass is 127. The summed E-state index contributed by atoms with van der Waals surface area (Å²) in [6.07, 6.45) is 0. The maximum Gasteiger partial charge on any atom is 0.151 e. The minimum Gasteiger partial charge on any atom is -0.496 e. The van der Waals surface area contributed by atoms with Crippen molar-refractivity contribution in [3.8, 4) is 5.75 Å². The van der Waals surface area contributed by atoms with Gasteiger partial charge in [-0.2, -0.15) is 5.10 Å². The van der Waals surface area contributed by atoms with E-state index in [0.29, 0.717) is 16.7 Å². The van der Waals surface area contributed by atoms with Crippen LogP contribution in [0.2, 0.25) is 0 Å². The van der Waals surface area contributed by atoms with E-state index in [9.17, 15) is 4.39 Å². The van der Waals surface area contributed by atoms with Crippen LogP contribution in [0.3, 0.4) is 0 Å². The summed E-state index contributed by atoms with van der Waals surface area (Å²) < 4.78 is 19.0. The summed E-state index contributed by atoms with van der Waals surface area (Å²) in [6, 6.07) is 2.94. The number of nitrogens with zero attached hydrogens (tertiary/aromatic N) is 1. The van der Waals surface area contributed by atoms with Crippen molar-refractivity contribution in [2.75, 3.05) is 7.11 Å². The van der Waals surface area contributed by atoms with Gasteiger partial charge in [0.15, 0.2) is 5.82 Å². The molecule has 1 heterocycles. The van der Waals surface area contributed by atoms with Gasteiger partial charge in [-0.25, -0.2) is 4.39 Å². The van der Waals surface area contributed by atoms with Gasteiger partial charge in [-0.15, -0.1) is 0 Å². The molecule has 3 nitrogen and oxygen atoms in total. The van der Waals surface area contributed by atoms with Gasteiger partial charge in [0, 0.05) is 0 Å². The summed E-state index contributed by atoms with van der Waals surface area (Å²) in [4.78, 5) is 0. The van der Waals surface area contributed by atoms with E-state index in [2.05, 4.69) is 32.8 Å².